The number of anilines is 2. The number of nitrogens with one attached hydrogen (secondary N) is 2. The molecule has 0 bridgehead atoms. The normalized spacial score (nSPS) is 16.0. The fraction of sp³-hybridized carbons (Fsp3) is 0.400. The number of aromatic nitrogens is 1. The molecule has 1 saturated heterocycles. The molecule has 1 amide bonds. The maximum atomic E-state index is 12.6. The monoisotopic (exact) mass is 389 g/mol. The van der Waals surface area contributed by atoms with Gasteiger partial charge in [-0.3, -0.25) is 4.79 Å². The van der Waals surface area contributed by atoms with Gasteiger partial charge in [-0.1, -0.05) is 23.7 Å². The number of halogens is 1. The van der Waals surface area contributed by atoms with E-state index in [1.165, 1.54) is 4.90 Å². The highest BCUT2D eigenvalue weighted by atomic mass is 35.5. The summed E-state index contributed by atoms with van der Waals surface area (Å²) < 4.78 is 5.75. The van der Waals surface area contributed by atoms with Gasteiger partial charge in [0, 0.05) is 6.20 Å². The number of para-hydroxylation sites is 2. The number of quaternary nitrogens is 1. The van der Waals surface area contributed by atoms with Gasteiger partial charge in [0.05, 0.1) is 44.2 Å². The summed E-state index contributed by atoms with van der Waals surface area (Å²) >= 11 is 6.04. The Morgan fingerprint density at radius 1 is 1.30 bits per heavy atom. The number of ether oxygens (including phenoxy) is 1. The van der Waals surface area contributed by atoms with E-state index in [0.29, 0.717) is 17.4 Å². The zero-order chi connectivity index (χ0) is 19.2. The molecule has 0 spiro atoms. The Kier molecular flexibility index (Phi) is 6.53. The number of hydrogen-bond donors (Lipinski definition) is 2. The van der Waals surface area contributed by atoms with Gasteiger partial charge in [0.1, 0.15) is 5.75 Å². The van der Waals surface area contributed by atoms with Crippen molar-refractivity contribution >= 4 is 28.9 Å². The van der Waals surface area contributed by atoms with Crippen LogP contribution in [0.5, 0.6) is 5.75 Å². The van der Waals surface area contributed by atoms with E-state index in [2.05, 4.69) is 21.3 Å². The summed E-state index contributed by atoms with van der Waals surface area (Å²) in [6, 6.07) is 11.5. The topological polar surface area (TPSA) is 58.9 Å². The lowest BCUT2D eigenvalue weighted by molar-refractivity contribution is -0.914. The Morgan fingerprint density at radius 2 is 2.04 bits per heavy atom. The van der Waals surface area contributed by atoms with Crippen molar-refractivity contribution in [2.24, 2.45) is 0 Å². The van der Waals surface area contributed by atoms with Crippen LogP contribution in [0.3, 0.4) is 0 Å². The van der Waals surface area contributed by atoms with E-state index in [4.69, 9.17) is 16.3 Å². The molecule has 3 rings (SSSR count). The second kappa shape index (κ2) is 9.06. The molecule has 2 heterocycles. The van der Waals surface area contributed by atoms with Crippen LogP contribution in [-0.4, -0.2) is 49.7 Å². The van der Waals surface area contributed by atoms with Crippen LogP contribution < -0.4 is 19.9 Å². The number of amides is 1. The highest BCUT2D eigenvalue weighted by Crippen LogP contribution is 2.27. The average molecular weight is 390 g/mol. The second-order valence-electron chi connectivity index (χ2n) is 6.60. The quantitative estimate of drug-likeness (QED) is 0.740. The van der Waals surface area contributed by atoms with E-state index in [0.717, 1.165) is 37.6 Å². The van der Waals surface area contributed by atoms with Crippen molar-refractivity contribution in [3.63, 3.8) is 0 Å². The molecule has 7 heteroatoms. The van der Waals surface area contributed by atoms with Crippen LogP contribution >= 0.6 is 11.6 Å². The van der Waals surface area contributed by atoms with E-state index < -0.39 is 0 Å². The lowest BCUT2D eigenvalue weighted by Gasteiger charge is -2.36. The molecule has 144 valence electrons. The lowest BCUT2D eigenvalue weighted by Crippen LogP contribution is -3.19. The zero-order valence-electron chi connectivity index (χ0n) is 15.7. The summed E-state index contributed by atoms with van der Waals surface area (Å²) in [7, 11) is 0. The van der Waals surface area contributed by atoms with Crippen molar-refractivity contribution in [2.75, 3.05) is 43.0 Å². The van der Waals surface area contributed by atoms with Crippen molar-refractivity contribution < 1.29 is 14.4 Å². The van der Waals surface area contributed by atoms with Gasteiger partial charge in [-0.15, -0.1) is 0 Å². The predicted octanol–water partition coefficient (Wildman–Crippen LogP) is 1.87. The summed E-state index contributed by atoms with van der Waals surface area (Å²) in [4.78, 5) is 20.2. The molecule has 0 aliphatic carbocycles. The van der Waals surface area contributed by atoms with Gasteiger partial charge in [-0.25, -0.2) is 4.98 Å². The van der Waals surface area contributed by atoms with E-state index in [1.807, 2.05) is 32.0 Å². The summed E-state index contributed by atoms with van der Waals surface area (Å²) in [5.74, 6) is 0.878. The Labute approximate surface area is 165 Å². The maximum Gasteiger partial charge on any atom is 0.282 e. The number of benzene rings is 1. The standard InChI is InChI=1S/C20H25ClN4O2/c1-3-27-18-9-5-4-8-17(18)25-13-11-24(12-14-25)15(2)20(26)23-16-7-6-10-22-19(16)21/h4-10,15H,3,11-14H2,1-2H3,(H,23,26)/p+1/t15-/m0/s1. The number of nitrogens with zero attached hydrogens (tertiary/aromatic N) is 2. The maximum absolute atomic E-state index is 12.6. The SMILES string of the molecule is CCOc1ccccc1N1CC[NH+]([C@@H](C)C(=O)Nc2cccnc2Cl)CC1. The fourth-order valence-electron chi connectivity index (χ4n) is 3.37. The first-order valence-corrected chi connectivity index (χ1v) is 9.70. The van der Waals surface area contributed by atoms with Crippen LogP contribution in [0, 0.1) is 0 Å². The van der Waals surface area contributed by atoms with Gasteiger partial charge in [-0.05, 0) is 38.1 Å². The summed E-state index contributed by atoms with van der Waals surface area (Å²) in [6.07, 6.45) is 1.60. The number of piperazine rings is 1. The molecule has 1 aliphatic heterocycles. The average Bonchev–Trinajstić information content (AvgIpc) is 2.70. The first-order chi connectivity index (χ1) is 13.1. The minimum Gasteiger partial charge on any atom is -0.492 e. The van der Waals surface area contributed by atoms with E-state index in [9.17, 15) is 4.79 Å². The van der Waals surface area contributed by atoms with Crippen LogP contribution in [0.15, 0.2) is 42.6 Å². The third kappa shape index (κ3) is 4.70. The van der Waals surface area contributed by atoms with Crippen LogP contribution in [0.1, 0.15) is 13.8 Å². The Balaban J connectivity index is 1.59. The van der Waals surface area contributed by atoms with Gasteiger partial charge in [0.15, 0.2) is 11.2 Å². The third-order valence-electron chi connectivity index (χ3n) is 4.93. The first-order valence-electron chi connectivity index (χ1n) is 9.33. The molecule has 0 unspecified atom stereocenters. The molecular formula is C20H26ClN4O2+. The molecule has 1 atom stereocenters. The van der Waals surface area contributed by atoms with E-state index >= 15 is 0 Å². The molecule has 1 fully saturated rings. The summed E-state index contributed by atoms with van der Waals surface area (Å²) in [5.41, 5.74) is 1.68. The van der Waals surface area contributed by atoms with E-state index in [1.54, 1.807) is 18.3 Å². The predicted molar refractivity (Wildman–Crippen MR) is 108 cm³/mol. The Morgan fingerprint density at radius 3 is 2.74 bits per heavy atom. The molecule has 0 radical (unpaired) electrons. The van der Waals surface area contributed by atoms with E-state index in [-0.39, 0.29) is 11.9 Å². The van der Waals surface area contributed by atoms with Gasteiger partial charge < -0.3 is 19.9 Å². The fourth-order valence-corrected chi connectivity index (χ4v) is 3.54. The molecule has 0 saturated carbocycles. The van der Waals surface area contributed by atoms with Gasteiger partial charge in [0.2, 0.25) is 0 Å². The van der Waals surface area contributed by atoms with Gasteiger partial charge in [-0.2, -0.15) is 0 Å². The minimum atomic E-state index is -0.162. The van der Waals surface area contributed by atoms with Crippen molar-refractivity contribution in [3.05, 3.63) is 47.7 Å². The van der Waals surface area contributed by atoms with Gasteiger partial charge in [0.25, 0.3) is 5.91 Å². The Hall–Kier alpha value is -2.31. The highest BCUT2D eigenvalue weighted by molar-refractivity contribution is 6.32. The molecule has 1 aromatic heterocycles. The zero-order valence-corrected chi connectivity index (χ0v) is 16.5. The number of rotatable bonds is 6. The number of pyridine rings is 1. The molecule has 2 N–H and O–H groups in total. The molecular weight excluding hydrogens is 364 g/mol. The van der Waals surface area contributed by atoms with Crippen molar-refractivity contribution in [1.29, 1.82) is 0 Å². The van der Waals surface area contributed by atoms with Crippen LogP contribution in [0.25, 0.3) is 0 Å². The van der Waals surface area contributed by atoms with Crippen molar-refractivity contribution in [1.82, 2.24) is 4.98 Å². The van der Waals surface area contributed by atoms with Crippen LogP contribution in [0.2, 0.25) is 5.15 Å². The summed E-state index contributed by atoms with van der Waals surface area (Å²) in [5, 5.41) is 3.20. The molecule has 27 heavy (non-hydrogen) atoms. The molecule has 2 aromatic rings. The van der Waals surface area contributed by atoms with Crippen LogP contribution in [-0.2, 0) is 4.79 Å². The molecule has 6 nitrogen and oxygen atoms in total. The van der Waals surface area contributed by atoms with Crippen molar-refractivity contribution in [3.8, 4) is 5.75 Å². The smallest absolute Gasteiger partial charge is 0.282 e. The number of carbonyl (C=O) groups excluding carboxylic acids is 1. The lowest BCUT2D eigenvalue weighted by atomic mass is 10.2. The largest absolute Gasteiger partial charge is 0.492 e. The molecule has 1 aliphatic rings. The summed E-state index contributed by atoms with van der Waals surface area (Å²) in [6.45, 7) is 8.13. The molecule has 1 aromatic carbocycles. The third-order valence-corrected chi connectivity index (χ3v) is 5.24. The minimum absolute atomic E-state index is 0.0388. The number of carbonyl (C=O) groups is 1. The second-order valence-corrected chi connectivity index (χ2v) is 6.96. The highest BCUT2D eigenvalue weighted by Gasteiger charge is 2.30. The van der Waals surface area contributed by atoms with Crippen molar-refractivity contribution in [2.45, 2.75) is 19.9 Å². The first kappa shape index (κ1) is 19.5. The number of hydrogen-bond acceptors (Lipinski definition) is 4. The van der Waals surface area contributed by atoms with Gasteiger partial charge >= 0.3 is 0 Å². The van der Waals surface area contributed by atoms with Crippen LogP contribution in [0.4, 0.5) is 11.4 Å². The Bertz CT molecular complexity index is 778.